The first-order valence-electron chi connectivity index (χ1n) is 6.82. The minimum absolute atomic E-state index is 0.100. The van der Waals surface area contributed by atoms with Crippen molar-refractivity contribution in [3.05, 3.63) is 64.3 Å². The second-order valence-corrected chi connectivity index (χ2v) is 6.50. The second-order valence-electron chi connectivity index (χ2n) is 4.69. The van der Waals surface area contributed by atoms with E-state index in [4.69, 9.17) is 0 Å². The highest BCUT2D eigenvalue weighted by molar-refractivity contribution is 7.88. The number of hydrogen-bond donors (Lipinski definition) is 2. The Morgan fingerprint density at radius 3 is 2.52 bits per heavy atom. The summed E-state index contributed by atoms with van der Waals surface area (Å²) in [5.74, 6) is -0.00263. The Hall–Kier alpha value is -2.52. The Balaban J connectivity index is 1.84. The fourth-order valence-corrected chi connectivity index (χ4v) is 3.06. The molecule has 23 heavy (non-hydrogen) atoms. The molecule has 0 aliphatic heterocycles. The molecule has 9 heteroatoms. The van der Waals surface area contributed by atoms with Crippen LogP contribution in [0.4, 0.5) is 11.5 Å². The molecular weight excluding hydrogens is 320 g/mol. The Morgan fingerprint density at radius 1 is 1.09 bits per heavy atom. The molecular formula is C14H16N4O4S. The fraction of sp³-hybridized carbons (Fsp3) is 0.214. The summed E-state index contributed by atoms with van der Waals surface area (Å²) >= 11 is 0. The third kappa shape index (κ3) is 5.31. The van der Waals surface area contributed by atoms with Crippen molar-refractivity contribution >= 4 is 21.5 Å². The topological polar surface area (TPSA) is 114 Å². The molecule has 0 saturated carbocycles. The Bertz CT molecular complexity index is 765. The lowest BCUT2D eigenvalue weighted by Gasteiger charge is -2.08. The molecule has 0 fully saturated rings. The number of sulfonamides is 1. The predicted molar refractivity (Wildman–Crippen MR) is 86.4 cm³/mol. The van der Waals surface area contributed by atoms with Gasteiger partial charge in [0.1, 0.15) is 0 Å². The zero-order valence-electron chi connectivity index (χ0n) is 12.2. The molecule has 0 radical (unpaired) electrons. The maximum Gasteiger partial charge on any atom is 0.311 e. The van der Waals surface area contributed by atoms with Crippen molar-refractivity contribution in [1.29, 1.82) is 0 Å². The van der Waals surface area contributed by atoms with Crippen LogP contribution >= 0.6 is 0 Å². The molecule has 1 aromatic heterocycles. The SMILES string of the molecule is O=[N+]([O-])c1cccnc1NCCNS(=O)(=O)Cc1ccccc1. The summed E-state index contributed by atoms with van der Waals surface area (Å²) in [5, 5.41) is 13.6. The number of anilines is 1. The molecule has 0 bridgehead atoms. The van der Waals surface area contributed by atoms with E-state index < -0.39 is 14.9 Å². The van der Waals surface area contributed by atoms with E-state index in [0.717, 1.165) is 0 Å². The van der Waals surface area contributed by atoms with Crippen molar-refractivity contribution in [2.75, 3.05) is 18.4 Å². The van der Waals surface area contributed by atoms with Crippen molar-refractivity contribution in [3.8, 4) is 0 Å². The molecule has 0 spiro atoms. The first-order chi connectivity index (χ1) is 11.0. The summed E-state index contributed by atoms with van der Waals surface area (Å²) in [5.41, 5.74) is 0.535. The number of benzene rings is 1. The lowest BCUT2D eigenvalue weighted by Crippen LogP contribution is -2.30. The lowest BCUT2D eigenvalue weighted by atomic mass is 10.2. The quantitative estimate of drug-likeness (QED) is 0.429. The van der Waals surface area contributed by atoms with Gasteiger partial charge in [-0.05, 0) is 11.6 Å². The maximum absolute atomic E-state index is 11.9. The van der Waals surface area contributed by atoms with Crippen molar-refractivity contribution in [3.63, 3.8) is 0 Å². The van der Waals surface area contributed by atoms with Crippen LogP contribution in [0.1, 0.15) is 5.56 Å². The zero-order valence-corrected chi connectivity index (χ0v) is 13.0. The molecule has 0 atom stereocenters. The molecule has 2 rings (SSSR count). The average Bonchev–Trinajstić information content (AvgIpc) is 2.52. The third-order valence-electron chi connectivity index (χ3n) is 2.92. The van der Waals surface area contributed by atoms with Gasteiger partial charge in [0, 0.05) is 25.4 Å². The molecule has 1 aromatic carbocycles. The lowest BCUT2D eigenvalue weighted by molar-refractivity contribution is -0.384. The van der Waals surface area contributed by atoms with E-state index in [1.807, 2.05) is 6.07 Å². The van der Waals surface area contributed by atoms with Gasteiger partial charge in [0.2, 0.25) is 15.8 Å². The summed E-state index contributed by atoms with van der Waals surface area (Å²) in [4.78, 5) is 14.2. The van der Waals surface area contributed by atoms with E-state index >= 15 is 0 Å². The molecule has 2 N–H and O–H groups in total. The Kier molecular flexibility index (Phi) is 5.61. The van der Waals surface area contributed by atoms with E-state index in [1.54, 1.807) is 24.3 Å². The summed E-state index contributed by atoms with van der Waals surface area (Å²) in [6.07, 6.45) is 1.43. The van der Waals surface area contributed by atoms with Gasteiger partial charge in [-0.2, -0.15) is 0 Å². The van der Waals surface area contributed by atoms with Crippen LogP contribution in [0.5, 0.6) is 0 Å². The summed E-state index contributed by atoms with van der Waals surface area (Å²) in [7, 11) is -3.46. The molecule has 8 nitrogen and oxygen atoms in total. The van der Waals surface area contributed by atoms with Crippen LogP contribution in [-0.4, -0.2) is 31.4 Å². The van der Waals surface area contributed by atoms with Crippen LogP contribution in [0.15, 0.2) is 48.7 Å². The molecule has 0 aliphatic rings. The van der Waals surface area contributed by atoms with E-state index in [-0.39, 0.29) is 30.3 Å². The predicted octanol–water partition coefficient (Wildman–Crippen LogP) is 1.52. The van der Waals surface area contributed by atoms with Gasteiger partial charge >= 0.3 is 5.69 Å². The summed E-state index contributed by atoms with van der Waals surface area (Å²) in [6, 6.07) is 11.6. The average molecular weight is 336 g/mol. The van der Waals surface area contributed by atoms with Gasteiger partial charge in [-0.1, -0.05) is 30.3 Å². The summed E-state index contributed by atoms with van der Waals surface area (Å²) < 4.78 is 26.3. The number of nitrogens with one attached hydrogen (secondary N) is 2. The summed E-state index contributed by atoms with van der Waals surface area (Å²) in [6.45, 7) is 0.286. The fourth-order valence-electron chi connectivity index (χ4n) is 1.91. The van der Waals surface area contributed by atoms with Gasteiger partial charge < -0.3 is 5.32 Å². The van der Waals surface area contributed by atoms with Gasteiger partial charge in [-0.15, -0.1) is 0 Å². The highest BCUT2D eigenvalue weighted by Gasteiger charge is 2.14. The zero-order chi connectivity index (χ0) is 16.7. The van der Waals surface area contributed by atoms with E-state index in [2.05, 4.69) is 15.0 Å². The van der Waals surface area contributed by atoms with Crippen LogP contribution in [0.3, 0.4) is 0 Å². The Labute approximate surface area is 133 Å². The number of pyridine rings is 1. The van der Waals surface area contributed by atoms with Crippen molar-refractivity contribution in [1.82, 2.24) is 9.71 Å². The number of nitro groups is 1. The molecule has 0 unspecified atom stereocenters. The van der Waals surface area contributed by atoms with Crippen LogP contribution in [0, 0.1) is 10.1 Å². The highest BCUT2D eigenvalue weighted by atomic mass is 32.2. The standard InChI is InChI=1S/C14H16N4O4S/c19-18(20)13-7-4-8-15-14(13)16-9-10-17-23(21,22)11-12-5-2-1-3-6-12/h1-8,17H,9-11H2,(H,15,16). The van der Waals surface area contributed by atoms with Crippen LogP contribution < -0.4 is 10.0 Å². The van der Waals surface area contributed by atoms with Gasteiger partial charge in [0.05, 0.1) is 10.7 Å². The molecule has 122 valence electrons. The Morgan fingerprint density at radius 2 is 1.83 bits per heavy atom. The van der Waals surface area contributed by atoms with Crippen molar-refractivity contribution < 1.29 is 13.3 Å². The van der Waals surface area contributed by atoms with Crippen LogP contribution in [0.25, 0.3) is 0 Å². The first-order valence-corrected chi connectivity index (χ1v) is 8.48. The van der Waals surface area contributed by atoms with E-state index in [1.165, 1.54) is 18.3 Å². The molecule has 0 amide bonds. The number of hydrogen-bond acceptors (Lipinski definition) is 6. The van der Waals surface area contributed by atoms with Crippen LogP contribution in [0.2, 0.25) is 0 Å². The van der Waals surface area contributed by atoms with E-state index in [9.17, 15) is 18.5 Å². The van der Waals surface area contributed by atoms with Crippen molar-refractivity contribution in [2.45, 2.75) is 5.75 Å². The minimum atomic E-state index is -3.46. The van der Waals surface area contributed by atoms with Crippen molar-refractivity contribution in [2.24, 2.45) is 0 Å². The van der Waals surface area contributed by atoms with Gasteiger partial charge in [0.15, 0.2) is 0 Å². The normalized spacial score (nSPS) is 11.1. The van der Waals surface area contributed by atoms with Gasteiger partial charge in [-0.3, -0.25) is 10.1 Å². The number of nitrogens with zero attached hydrogens (tertiary/aromatic N) is 2. The molecule has 0 aliphatic carbocycles. The minimum Gasteiger partial charge on any atom is -0.363 e. The third-order valence-corrected chi connectivity index (χ3v) is 4.28. The van der Waals surface area contributed by atoms with E-state index in [0.29, 0.717) is 5.56 Å². The molecule has 0 saturated heterocycles. The molecule has 1 heterocycles. The van der Waals surface area contributed by atoms with Gasteiger partial charge in [0.25, 0.3) is 0 Å². The van der Waals surface area contributed by atoms with Crippen LogP contribution in [-0.2, 0) is 15.8 Å². The monoisotopic (exact) mass is 336 g/mol. The smallest absolute Gasteiger partial charge is 0.311 e. The number of aromatic nitrogens is 1. The largest absolute Gasteiger partial charge is 0.363 e. The maximum atomic E-state index is 11.9. The molecule has 2 aromatic rings. The first kappa shape index (κ1) is 16.8. The van der Waals surface area contributed by atoms with Gasteiger partial charge in [-0.25, -0.2) is 18.1 Å². The second kappa shape index (κ2) is 7.65. The highest BCUT2D eigenvalue weighted by Crippen LogP contribution is 2.19. The number of rotatable bonds is 8.